The summed E-state index contributed by atoms with van der Waals surface area (Å²) >= 11 is 0.917. The molecule has 1 fully saturated rings. The van der Waals surface area contributed by atoms with Crippen LogP contribution >= 0.6 is 11.3 Å². The molecule has 2 aliphatic heterocycles. The molecule has 2 aromatic carbocycles. The fourth-order valence-electron chi connectivity index (χ4n) is 6.46. The van der Waals surface area contributed by atoms with Gasteiger partial charge in [0, 0.05) is 65.6 Å². The maximum absolute atomic E-state index is 13.1. The van der Waals surface area contributed by atoms with Gasteiger partial charge in [-0.1, -0.05) is 17.4 Å². The molecule has 23 heteroatoms. The predicted octanol–water partition coefficient (Wildman–Crippen LogP) is 2.86. The second-order valence-electron chi connectivity index (χ2n) is 13.9. The van der Waals surface area contributed by atoms with Crippen LogP contribution in [-0.4, -0.2) is 110 Å². The van der Waals surface area contributed by atoms with Gasteiger partial charge in [0.15, 0.2) is 0 Å². The van der Waals surface area contributed by atoms with Gasteiger partial charge in [0.05, 0.1) is 48.6 Å². The number of sulfonamides is 1. The maximum Gasteiger partial charge on any atom is 0.324 e. The number of thiophene rings is 1. The van der Waals surface area contributed by atoms with Gasteiger partial charge < -0.3 is 35.1 Å². The second kappa shape index (κ2) is 21.3. The number of carbonyl (C=O) groups excluding carboxylic acids is 5. The molecular weight excluding hydrogens is 863 g/mol. The second-order valence-corrected chi connectivity index (χ2v) is 16.7. The fourth-order valence-corrected chi connectivity index (χ4v) is 8.19. The van der Waals surface area contributed by atoms with Crippen molar-refractivity contribution in [2.45, 2.75) is 43.2 Å². The number of rotatable bonds is 22. The topological polar surface area (TPSA) is 279 Å². The molecule has 5 N–H and O–H groups in total. The van der Waals surface area contributed by atoms with Crippen molar-refractivity contribution in [2.75, 3.05) is 62.0 Å². The molecule has 4 aromatic rings. The molecule has 1 saturated heterocycles. The highest BCUT2D eigenvalue weighted by Gasteiger charge is 2.39. The molecule has 5 amide bonds. The van der Waals surface area contributed by atoms with Crippen LogP contribution in [0.1, 0.15) is 45.8 Å². The number of hydrogen-bond acceptors (Lipinski definition) is 16. The van der Waals surface area contributed by atoms with Crippen LogP contribution in [0.25, 0.3) is 6.08 Å². The van der Waals surface area contributed by atoms with E-state index in [2.05, 4.69) is 36.0 Å². The van der Waals surface area contributed by atoms with Crippen molar-refractivity contribution in [3.05, 3.63) is 98.7 Å². The highest BCUT2D eigenvalue weighted by Crippen LogP contribution is 2.32. The van der Waals surface area contributed by atoms with Crippen LogP contribution in [0.4, 0.5) is 22.2 Å². The lowest BCUT2D eigenvalue weighted by molar-refractivity contribution is -0.380. The highest BCUT2D eigenvalue weighted by atomic mass is 32.2. The van der Waals surface area contributed by atoms with Crippen molar-refractivity contribution in [2.24, 2.45) is 0 Å². The zero-order valence-corrected chi connectivity index (χ0v) is 35.4. The molecule has 4 heterocycles. The number of methoxy groups -OCH3 is 1. The minimum atomic E-state index is -4.13. The van der Waals surface area contributed by atoms with Crippen molar-refractivity contribution in [1.82, 2.24) is 25.5 Å². The zero-order chi connectivity index (χ0) is 44.9. The van der Waals surface area contributed by atoms with E-state index in [-0.39, 0.29) is 78.5 Å². The number of benzene rings is 2. The molecule has 0 radical (unpaired) electrons. The van der Waals surface area contributed by atoms with E-state index >= 15 is 0 Å². The maximum atomic E-state index is 13.1. The lowest BCUT2D eigenvalue weighted by Gasteiger charge is -2.29. The van der Waals surface area contributed by atoms with Gasteiger partial charge >= 0.3 is 5.00 Å². The number of nitro groups is 1. The number of ether oxygens (including phenoxy) is 3. The van der Waals surface area contributed by atoms with Crippen molar-refractivity contribution in [3.63, 3.8) is 0 Å². The van der Waals surface area contributed by atoms with E-state index in [0.717, 1.165) is 22.6 Å². The van der Waals surface area contributed by atoms with Gasteiger partial charge in [-0.2, -0.15) is 0 Å². The van der Waals surface area contributed by atoms with Gasteiger partial charge in [-0.25, -0.2) is 18.4 Å². The number of fused-ring (bicyclic) bond motifs is 1. The molecule has 2 aromatic heterocycles. The minimum absolute atomic E-state index is 0.0513. The standard InChI is InChI=1S/C40H43N9O12S2/c1-59-39-37(47-63(57,58)28-11-7-25(8-12-28)44-33(50)14-9-27-10-16-36(62-27)49(55)56)43-22-26(45-39)4-3-17-42-35(52)24-61-21-20-60-19-18-41-31-6-2-5-29-30(31)23-48(40(29)54)32-13-15-34(51)46-38(32)53/h2,5-12,14,16,22,32,41H,3-4,13,15,17-21,23-24H2,1H3,(H,42,52)(H,43,47)(H,44,50)(H,46,51,53)/b14-9+. The Kier molecular flexibility index (Phi) is 15.5. The summed E-state index contributed by atoms with van der Waals surface area (Å²) in [6.07, 6.45) is 5.40. The molecule has 0 aliphatic carbocycles. The molecule has 1 atom stereocenters. The van der Waals surface area contributed by atoms with Crippen molar-refractivity contribution in [1.29, 1.82) is 0 Å². The van der Waals surface area contributed by atoms with Crippen LogP contribution in [0, 0.1) is 10.1 Å². The SMILES string of the molecule is COc1nc(CCCNC(=O)COCCOCCNc2cccc3c2CN(C2CCC(=O)NC2=O)C3=O)cnc1NS(=O)(=O)c1ccc(NC(=O)/C=C/c2ccc([N+](=O)[O-])s2)cc1. The molecular formula is C40H43N9O12S2. The van der Waals surface area contributed by atoms with E-state index in [1.807, 2.05) is 6.07 Å². The van der Waals surface area contributed by atoms with E-state index in [9.17, 15) is 42.5 Å². The first-order chi connectivity index (χ1) is 30.3. The Morgan fingerprint density at radius 1 is 1.05 bits per heavy atom. The molecule has 0 spiro atoms. The smallest absolute Gasteiger partial charge is 0.324 e. The Hall–Kier alpha value is -6.82. The number of hydrogen-bond donors (Lipinski definition) is 5. The van der Waals surface area contributed by atoms with Crippen LogP contribution in [-0.2, 0) is 51.6 Å². The molecule has 2 aliphatic rings. The molecule has 332 valence electrons. The predicted molar refractivity (Wildman–Crippen MR) is 228 cm³/mol. The number of anilines is 3. The molecule has 0 saturated carbocycles. The van der Waals surface area contributed by atoms with Crippen molar-refractivity contribution in [3.8, 4) is 5.88 Å². The van der Waals surface area contributed by atoms with Gasteiger partial charge in [-0.05, 0) is 67.8 Å². The van der Waals surface area contributed by atoms with Gasteiger partial charge in [0.2, 0.25) is 29.4 Å². The van der Waals surface area contributed by atoms with Crippen LogP contribution in [0.5, 0.6) is 5.88 Å². The molecule has 1 unspecified atom stereocenters. The number of aromatic nitrogens is 2. The van der Waals surface area contributed by atoms with Crippen molar-refractivity contribution < 1.29 is 51.5 Å². The highest BCUT2D eigenvalue weighted by molar-refractivity contribution is 7.92. The van der Waals surface area contributed by atoms with Gasteiger partial charge in [-0.15, -0.1) is 0 Å². The first-order valence-corrected chi connectivity index (χ1v) is 21.8. The Morgan fingerprint density at radius 2 is 1.84 bits per heavy atom. The normalized spacial score (nSPS) is 14.9. The molecule has 0 bridgehead atoms. The molecule has 21 nitrogen and oxygen atoms in total. The summed E-state index contributed by atoms with van der Waals surface area (Å²) in [6.45, 7) is 1.60. The van der Waals surface area contributed by atoms with Crippen LogP contribution < -0.4 is 30.7 Å². The van der Waals surface area contributed by atoms with Crippen LogP contribution in [0.2, 0.25) is 0 Å². The fraction of sp³-hybridized carbons (Fsp3) is 0.325. The minimum Gasteiger partial charge on any atom is -0.478 e. The van der Waals surface area contributed by atoms with Crippen molar-refractivity contribution >= 4 is 79.2 Å². The lowest BCUT2D eigenvalue weighted by Crippen LogP contribution is -2.52. The zero-order valence-electron chi connectivity index (χ0n) is 33.8. The first-order valence-electron chi connectivity index (χ1n) is 19.5. The summed E-state index contributed by atoms with van der Waals surface area (Å²) in [6, 6.07) is 12.9. The van der Waals surface area contributed by atoms with Crippen LogP contribution in [0.15, 0.2) is 71.8 Å². The summed E-state index contributed by atoms with van der Waals surface area (Å²) < 4.78 is 44.9. The number of nitrogens with one attached hydrogen (secondary N) is 5. The van der Waals surface area contributed by atoms with Gasteiger partial charge in [-0.3, -0.25) is 44.1 Å². The van der Waals surface area contributed by atoms with E-state index < -0.39 is 32.8 Å². The average molecular weight is 906 g/mol. The number of carbonyl (C=O) groups is 5. The van der Waals surface area contributed by atoms with E-state index in [1.165, 1.54) is 66.8 Å². The third-order valence-corrected chi connectivity index (χ3v) is 11.9. The Morgan fingerprint density at radius 3 is 2.59 bits per heavy atom. The Labute approximate surface area is 364 Å². The lowest BCUT2D eigenvalue weighted by atomic mass is 10.0. The number of piperidine rings is 1. The molecule has 63 heavy (non-hydrogen) atoms. The summed E-state index contributed by atoms with van der Waals surface area (Å²) in [5, 5.41) is 21.7. The largest absolute Gasteiger partial charge is 0.478 e. The number of nitrogens with zero attached hydrogens (tertiary/aromatic N) is 4. The monoisotopic (exact) mass is 905 g/mol. The van der Waals surface area contributed by atoms with E-state index in [4.69, 9.17) is 14.2 Å². The summed E-state index contributed by atoms with van der Waals surface area (Å²) in [5.74, 6) is -2.09. The van der Waals surface area contributed by atoms with E-state index in [1.54, 1.807) is 12.1 Å². The Bertz CT molecular complexity index is 2500. The summed E-state index contributed by atoms with van der Waals surface area (Å²) in [4.78, 5) is 82.2. The van der Waals surface area contributed by atoms with Gasteiger partial charge in [0.1, 0.15) is 12.6 Å². The summed E-state index contributed by atoms with van der Waals surface area (Å²) in [7, 11) is -2.81. The average Bonchev–Trinajstić information content (AvgIpc) is 3.88. The third-order valence-electron chi connectivity index (χ3n) is 9.52. The third kappa shape index (κ3) is 12.4. The van der Waals surface area contributed by atoms with Gasteiger partial charge in [0.25, 0.3) is 21.8 Å². The van der Waals surface area contributed by atoms with Crippen LogP contribution in [0.3, 0.4) is 0 Å². The number of amides is 5. The Balaban J connectivity index is 0.840. The first kappa shape index (κ1) is 45.7. The number of aryl methyl sites for hydroxylation is 1. The van der Waals surface area contributed by atoms with E-state index in [0.29, 0.717) is 54.4 Å². The summed E-state index contributed by atoms with van der Waals surface area (Å²) in [5.41, 5.74) is 2.86. The quantitative estimate of drug-likeness (QED) is 0.0249. The number of imide groups is 1. The molecule has 6 rings (SSSR count).